The van der Waals surface area contributed by atoms with E-state index in [0.717, 1.165) is 24.8 Å². The van der Waals surface area contributed by atoms with Crippen molar-refractivity contribution in [2.24, 2.45) is 5.73 Å². The first-order valence-corrected chi connectivity index (χ1v) is 8.29. The lowest BCUT2D eigenvalue weighted by atomic mass is 10.1. The molecule has 0 saturated heterocycles. The molecular formula is C15H22N2O2S. The van der Waals surface area contributed by atoms with Gasteiger partial charge in [-0.05, 0) is 31.0 Å². The van der Waals surface area contributed by atoms with Crippen LogP contribution in [0.2, 0.25) is 0 Å². The Labute approximate surface area is 121 Å². The topological polar surface area (TPSA) is 72.2 Å². The second-order valence-electron chi connectivity index (χ2n) is 4.61. The number of hydrogen-bond donors (Lipinski definition) is 2. The quantitative estimate of drug-likeness (QED) is 0.620. The highest BCUT2D eigenvalue weighted by Gasteiger charge is 2.17. The number of aryl methyl sites for hydroxylation is 1. The Hall–Kier alpha value is -1.35. The third-order valence-corrected chi connectivity index (χ3v) is 4.34. The van der Waals surface area contributed by atoms with Crippen LogP contribution in [0.15, 0.2) is 23.1 Å². The van der Waals surface area contributed by atoms with Crippen molar-refractivity contribution in [2.45, 2.75) is 38.0 Å². The summed E-state index contributed by atoms with van der Waals surface area (Å²) < 4.78 is 27.2. The maximum Gasteiger partial charge on any atom is 0.241 e. The molecule has 0 radical (unpaired) electrons. The van der Waals surface area contributed by atoms with Crippen molar-refractivity contribution in [2.75, 3.05) is 13.1 Å². The number of hydrogen-bond acceptors (Lipinski definition) is 3. The summed E-state index contributed by atoms with van der Waals surface area (Å²) in [4.78, 5) is 0.223. The Balaban J connectivity index is 2.99. The van der Waals surface area contributed by atoms with Crippen molar-refractivity contribution in [3.05, 3.63) is 29.3 Å². The van der Waals surface area contributed by atoms with E-state index in [0.29, 0.717) is 12.1 Å². The molecule has 0 aliphatic carbocycles. The fourth-order valence-electron chi connectivity index (χ4n) is 1.78. The molecule has 5 heteroatoms. The zero-order valence-corrected chi connectivity index (χ0v) is 12.9. The normalized spacial score (nSPS) is 10.9. The summed E-state index contributed by atoms with van der Waals surface area (Å²) in [5, 5.41) is 0. The van der Waals surface area contributed by atoms with Crippen molar-refractivity contribution in [3.63, 3.8) is 0 Å². The van der Waals surface area contributed by atoms with E-state index in [2.05, 4.69) is 23.5 Å². The maximum atomic E-state index is 12.3. The summed E-state index contributed by atoms with van der Waals surface area (Å²) in [5.74, 6) is 5.53. The molecular weight excluding hydrogens is 272 g/mol. The van der Waals surface area contributed by atoms with Gasteiger partial charge in [0.2, 0.25) is 10.0 Å². The van der Waals surface area contributed by atoms with Gasteiger partial charge in [-0.2, -0.15) is 0 Å². The minimum Gasteiger partial charge on any atom is -0.320 e. The van der Waals surface area contributed by atoms with Crippen LogP contribution in [0.1, 0.15) is 37.3 Å². The predicted molar refractivity (Wildman–Crippen MR) is 81.8 cm³/mol. The van der Waals surface area contributed by atoms with Crippen molar-refractivity contribution in [1.29, 1.82) is 0 Å². The van der Waals surface area contributed by atoms with Gasteiger partial charge in [0, 0.05) is 12.1 Å². The molecule has 3 N–H and O–H groups in total. The molecule has 0 aliphatic rings. The summed E-state index contributed by atoms with van der Waals surface area (Å²) in [6.45, 7) is 4.64. The molecule has 0 fully saturated rings. The molecule has 0 aromatic heterocycles. The zero-order chi connectivity index (χ0) is 15.0. The molecule has 20 heavy (non-hydrogen) atoms. The van der Waals surface area contributed by atoms with E-state index in [1.165, 1.54) is 0 Å². The van der Waals surface area contributed by atoms with Gasteiger partial charge in [0.25, 0.3) is 0 Å². The molecule has 0 bridgehead atoms. The van der Waals surface area contributed by atoms with Crippen LogP contribution in [0.25, 0.3) is 0 Å². The standard InChI is InChI=1S/C15H22N2O2S/c1-3-4-5-11-17-20(18,19)15-9-8-13(2)12-14(15)7-6-10-16/h8-9,12,17H,3-5,10-11,16H2,1-2H3. The first-order valence-electron chi connectivity index (χ1n) is 6.80. The highest BCUT2D eigenvalue weighted by atomic mass is 32.2. The van der Waals surface area contributed by atoms with Crippen molar-refractivity contribution in [1.82, 2.24) is 4.72 Å². The molecule has 4 nitrogen and oxygen atoms in total. The van der Waals surface area contributed by atoms with Crippen LogP contribution in [-0.2, 0) is 10.0 Å². The van der Waals surface area contributed by atoms with Crippen LogP contribution in [-0.4, -0.2) is 21.5 Å². The van der Waals surface area contributed by atoms with Gasteiger partial charge in [-0.3, -0.25) is 0 Å². The van der Waals surface area contributed by atoms with Gasteiger partial charge in [-0.25, -0.2) is 13.1 Å². The number of unbranched alkanes of at least 4 members (excludes halogenated alkanes) is 2. The molecule has 0 heterocycles. The Morgan fingerprint density at radius 1 is 1.30 bits per heavy atom. The minimum absolute atomic E-state index is 0.206. The van der Waals surface area contributed by atoms with E-state index >= 15 is 0 Å². The highest BCUT2D eigenvalue weighted by molar-refractivity contribution is 7.89. The van der Waals surface area contributed by atoms with Crippen LogP contribution >= 0.6 is 0 Å². The molecule has 110 valence electrons. The molecule has 0 aliphatic heterocycles. The van der Waals surface area contributed by atoms with Gasteiger partial charge in [0.05, 0.1) is 11.4 Å². The van der Waals surface area contributed by atoms with Crippen molar-refractivity contribution < 1.29 is 8.42 Å². The number of sulfonamides is 1. The van der Waals surface area contributed by atoms with E-state index in [9.17, 15) is 8.42 Å². The summed E-state index contributed by atoms with van der Waals surface area (Å²) in [7, 11) is -3.51. The molecule has 0 saturated carbocycles. The van der Waals surface area contributed by atoms with Gasteiger partial charge < -0.3 is 5.73 Å². The summed E-state index contributed by atoms with van der Waals surface area (Å²) in [6, 6.07) is 5.13. The third-order valence-electron chi connectivity index (χ3n) is 2.82. The summed E-state index contributed by atoms with van der Waals surface area (Å²) in [5.41, 5.74) is 6.82. The van der Waals surface area contributed by atoms with E-state index < -0.39 is 10.0 Å². The average molecular weight is 294 g/mol. The first-order chi connectivity index (χ1) is 9.51. The number of nitrogens with two attached hydrogens (primary N) is 1. The molecule has 1 aromatic carbocycles. The Kier molecular flexibility index (Phi) is 6.73. The van der Waals surface area contributed by atoms with E-state index in [-0.39, 0.29) is 11.4 Å². The average Bonchev–Trinajstić information content (AvgIpc) is 2.41. The third kappa shape index (κ3) is 4.97. The summed E-state index contributed by atoms with van der Waals surface area (Å²) in [6.07, 6.45) is 2.90. The largest absolute Gasteiger partial charge is 0.320 e. The van der Waals surface area contributed by atoms with Crippen molar-refractivity contribution >= 4 is 10.0 Å². The van der Waals surface area contributed by atoms with E-state index in [4.69, 9.17) is 5.73 Å². The minimum atomic E-state index is -3.51. The zero-order valence-electron chi connectivity index (χ0n) is 12.1. The Bertz CT molecular complexity index is 598. The Morgan fingerprint density at radius 2 is 2.05 bits per heavy atom. The lowest BCUT2D eigenvalue weighted by Gasteiger charge is -2.09. The number of nitrogens with one attached hydrogen (secondary N) is 1. The Morgan fingerprint density at radius 3 is 2.70 bits per heavy atom. The molecule has 0 unspecified atom stereocenters. The lowest BCUT2D eigenvalue weighted by molar-refractivity contribution is 0.576. The fraction of sp³-hybridized carbons (Fsp3) is 0.467. The highest BCUT2D eigenvalue weighted by Crippen LogP contribution is 2.16. The smallest absolute Gasteiger partial charge is 0.241 e. The second kappa shape index (κ2) is 8.05. The van der Waals surface area contributed by atoms with E-state index in [1.807, 2.05) is 6.92 Å². The SMILES string of the molecule is CCCCCNS(=O)(=O)c1ccc(C)cc1C#CCN. The fourth-order valence-corrected chi connectivity index (χ4v) is 3.00. The molecule has 0 atom stereocenters. The second-order valence-corrected chi connectivity index (χ2v) is 6.35. The molecule has 1 rings (SSSR count). The van der Waals surface area contributed by atoms with Crippen LogP contribution in [0, 0.1) is 18.8 Å². The van der Waals surface area contributed by atoms with Crippen LogP contribution in [0.5, 0.6) is 0 Å². The number of benzene rings is 1. The molecule has 1 aromatic rings. The lowest BCUT2D eigenvalue weighted by Crippen LogP contribution is -2.25. The molecule has 0 amide bonds. The van der Waals surface area contributed by atoms with Gasteiger partial charge in [0.15, 0.2) is 0 Å². The van der Waals surface area contributed by atoms with Crippen molar-refractivity contribution in [3.8, 4) is 11.8 Å². The molecule has 0 spiro atoms. The monoisotopic (exact) mass is 294 g/mol. The van der Waals surface area contributed by atoms with Crippen LogP contribution < -0.4 is 10.5 Å². The summed E-state index contributed by atoms with van der Waals surface area (Å²) >= 11 is 0. The maximum absolute atomic E-state index is 12.3. The van der Waals surface area contributed by atoms with Crippen LogP contribution in [0.3, 0.4) is 0 Å². The van der Waals surface area contributed by atoms with Gasteiger partial charge >= 0.3 is 0 Å². The van der Waals surface area contributed by atoms with Crippen LogP contribution in [0.4, 0.5) is 0 Å². The predicted octanol–water partition coefficient (Wildman–Crippen LogP) is 1.77. The first kappa shape index (κ1) is 16.7. The van der Waals surface area contributed by atoms with E-state index in [1.54, 1.807) is 18.2 Å². The van der Waals surface area contributed by atoms with Gasteiger partial charge in [-0.1, -0.05) is 37.7 Å². The van der Waals surface area contributed by atoms with Gasteiger partial charge in [-0.15, -0.1) is 0 Å². The van der Waals surface area contributed by atoms with Gasteiger partial charge in [0.1, 0.15) is 0 Å². The number of rotatable bonds is 6.